The molecule has 31 heavy (non-hydrogen) atoms. The molecule has 2 amide bonds. The molecule has 2 aromatic rings. The first-order valence-electron chi connectivity index (χ1n) is 11.3. The minimum atomic E-state index is -0.215. The smallest absolute Gasteiger partial charge is 0.256 e. The van der Waals surface area contributed by atoms with E-state index in [2.05, 4.69) is 15.5 Å². The second-order valence-electron chi connectivity index (χ2n) is 8.68. The van der Waals surface area contributed by atoms with Crippen LogP contribution in [0.1, 0.15) is 65.6 Å². The van der Waals surface area contributed by atoms with Crippen LogP contribution in [0.15, 0.2) is 48.5 Å². The van der Waals surface area contributed by atoms with Gasteiger partial charge in [0.1, 0.15) is 6.17 Å². The van der Waals surface area contributed by atoms with E-state index in [1.807, 2.05) is 67.3 Å². The summed E-state index contributed by atoms with van der Waals surface area (Å²) in [4.78, 5) is 29.6. The Bertz CT molecular complexity index is 919. The average molecular weight is 421 g/mol. The lowest BCUT2D eigenvalue weighted by Crippen LogP contribution is -2.38. The van der Waals surface area contributed by atoms with E-state index < -0.39 is 0 Å². The fourth-order valence-corrected chi connectivity index (χ4v) is 4.50. The van der Waals surface area contributed by atoms with Crippen LogP contribution in [0.3, 0.4) is 0 Å². The molecule has 0 unspecified atom stereocenters. The molecule has 1 saturated heterocycles. The maximum atomic E-state index is 12.8. The largest absolute Gasteiger partial charge is 0.361 e. The molecule has 2 aromatic carbocycles. The van der Waals surface area contributed by atoms with Gasteiger partial charge in [-0.25, -0.2) is 0 Å². The molecular weight excluding hydrogens is 388 g/mol. The van der Waals surface area contributed by atoms with Crippen molar-refractivity contribution in [1.29, 1.82) is 0 Å². The van der Waals surface area contributed by atoms with Gasteiger partial charge in [-0.05, 0) is 70.1 Å². The monoisotopic (exact) mass is 420 g/mol. The highest BCUT2D eigenvalue weighted by Crippen LogP contribution is 2.35. The van der Waals surface area contributed by atoms with Gasteiger partial charge in [0.15, 0.2) is 0 Å². The van der Waals surface area contributed by atoms with Gasteiger partial charge >= 0.3 is 0 Å². The molecule has 4 rings (SSSR count). The summed E-state index contributed by atoms with van der Waals surface area (Å²) in [5.41, 5.74) is 3.26. The number of rotatable bonds is 7. The number of hydrogen-bond donors (Lipinski definition) is 2. The Labute approximate surface area is 184 Å². The summed E-state index contributed by atoms with van der Waals surface area (Å²) in [5.74, 6) is 0.00144. The maximum Gasteiger partial charge on any atom is 0.256 e. The highest BCUT2D eigenvalue weighted by Gasteiger charge is 2.37. The number of carbonyl (C=O) groups is 2. The quantitative estimate of drug-likeness (QED) is 0.714. The van der Waals surface area contributed by atoms with Crippen LogP contribution in [0.5, 0.6) is 0 Å². The van der Waals surface area contributed by atoms with Crippen molar-refractivity contribution in [3.63, 3.8) is 0 Å². The first-order valence-corrected chi connectivity index (χ1v) is 11.3. The molecule has 6 nitrogen and oxygen atoms in total. The molecule has 2 heterocycles. The summed E-state index contributed by atoms with van der Waals surface area (Å²) in [6.07, 6.45) is 3.62. The molecule has 6 heteroatoms. The fraction of sp³-hybridized carbons (Fsp3) is 0.440. The summed E-state index contributed by atoms with van der Waals surface area (Å²) in [6, 6.07) is 15.3. The van der Waals surface area contributed by atoms with Crippen molar-refractivity contribution in [2.24, 2.45) is 0 Å². The van der Waals surface area contributed by atoms with Crippen LogP contribution in [-0.4, -0.2) is 53.8 Å². The van der Waals surface area contributed by atoms with Gasteiger partial charge < -0.3 is 20.4 Å². The zero-order valence-electron chi connectivity index (χ0n) is 18.4. The highest BCUT2D eigenvalue weighted by molar-refractivity contribution is 5.99. The lowest BCUT2D eigenvalue weighted by Gasteiger charge is -2.30. The van der Waals surface area contributed by atoms with E-state index in [9.17, 15) is 9.59 Å². The van der Waals surface area contributed by atoms with Crippen molar-refractivity contribution < 1.29 is 9.59 Å². The summed E-state index contributed by atoms with van der Waals surface area (Å²) in [7, 11) is 0. The van der Waals surface area contributed by atoms with Crippen molar-refractivity contribution in [2.75, 3.05) is 31.5 Å². The van der Waals surface area contributed by atoms with E-state index in [4.69, 9.17) is 0 Å². The molecule has 0 bridgehead atoms. The van der Waals surface area contributed by atoms with Gasteiger partial charge in [-0.2, -0.15) is 0 Å². The lowest BCUT2D eigenvalue weighted by atomic mass is 10.1. The predicted octanol–water partition coefficient (Wildman–Crippen LogP) is 3.88. The van der Waals surface area contributed by atoms with Crippen molar-refractivity contribution in [1.82, 2.24) is 15.1 Å². The number of benzene rings is 2. The van der Waals surface area contributed by atoms with Crippen molar-refractivity contribution in [3.8, 4) is 0 Å². The van der Waals surface area contributed by atoms with Gasteiger partial charge in [-0.3, -0.25) is 9.59 Å². The van der Waals surface area contributed by atoms with Gasteiger partial charge in [0.2, 0.25) is 0 Å². The Morgan fingerprint density at radius 3 is 2.45 bits per heavy atom. The van der Waals surface area contributed by atoms with Crippen LogP contribution < -0.4 is 10.6 Å². The van der Waals surface area contributed by atoms with Crippen LogP contribution in [0.2, 0.25) is 0 Å². The van der Waals surface area contributed by atoms with Crippen LogP contribution in [0, 0.1) is 0 Å². The number of likely N-dealkylation sites (tertiary alicyclic amines) is 1. The number of carbonyl (C=O) groups excluding carboxylic acids is 2. The van der Waals surface area contributed by atoms with E-state index >= 15 is 0 Å². The van der Waals surface area contributed by atoms with E-state index in [-0.39, 0.29) is 24.0 Å². The molecule has 2 aliphatic rings. The molecule has 2 N–H and O–H groups in total. The standard InChI is InChI=1S/C25H32N4O2/c1-18(2)29-23(21-8-4-5-9-22(21)25(29)31)27-20-12-10-19(11-13-20)24(30)26-14-17-28-15-6-3-7-16-28/h4-5,8-13,18,23,27H,3,6-7,14-17H2,1-2H3,(H,26,30)/t23-/m0/s1. The number of hydrogen-bond acceptors (Lipinski definition) is 4. The zero-order chi connectivity index (χ0) is 21.8. The topological polar surface area (TPSA) is 64.7 Å². The van der Waals surface area contributed by atoms with Crippen LogP contribution >= 0.6 is 0 Å². The molecule has 0 aromatic heterocycles. The SMILES string of the molecule is CC(C)N1C(=O)c2ccccc2[C@H]1Nc1ccc(C(=O)NCCN2CCCCC2)cc1. The molecule has 0 aliphatic carbocycles. The Morgan fingerprint density at radius 2 is 1.74 bits per heavy atom. The second-order valence-corrected chi connectivity index (χ2v) is 8.68. The van der Waals surface area contributed by atoms with Crippen molar-refractivity contribution in [2.45, 2.75) is 45.3 Å². The lowest BCUT2D eigenvalue weighted by molar-refractivity contribution is 0.0685. The van der Waals surface area contributed by atoms with E-state index in [1.165, 1.54) is 19.3 Å². The predicted molar refractivity (Wildman–Crippen MR) is 123 cm³/mol. The molecule has 0 spiro atoms. The summed E-state index contributed by atoms with van der Waals surface area (Å²) >= 11 is 0. The Morgan fingerprint density at radius 1 is 1.03 bits per heavy atom. The van der Waals surface area contributed by atoms with Gasteiger partial charge in [-0.15, -0.1) is 0 Å². The summed E-state index contributed by atoms with van der Waals surface area (Å²) in [6.45, 7) is 7.90. The third-order valence-electron chi connectivity index (χ3n) is 6.17. The fourth-order valence-electron chi connectivity index (χ4n) is 4.50. The first-order chi connectivity index (χ1) is 15.0. The van der Waals surface area contributed by atoms with E-state index in [0.717, 1.165) is 36.4 Å². The number of fused-ring (bicyclic) bond motifs is 1. The number of piperidine rings is 1. The van der Waals surface area contributed by atoms with Crippen LogP contribution in [-0.2, 0) is 0 Å². The maximum absolute atomic E-state index is 12.8. The molecule has 2 aliphatic heterocycles. The Balaban J connectivity index is 1.37. The van der Waals surface area contributed by atoms with Crippen molar-refractivity contribution in [3.05, 3.63) is 65.2 Å². The number of anilines is 1. The zero-order valence-corrected chi connectivity index (χ0v) is 18.4. The Hall–Kier alpha value is -2.86. The van der Waals surface area contributed by atoms with Gasteiger partial charge in [0, 0.05) is 41.5 Å². The number of nitrogens with zero attached hydrogens (tertiary/aromatic N) is 2. The molecule has 1 fully saturated rings. The minimum Gasteiger partial charge on any atom is -0.361 e. The van der Waals surface area contributed by atoms with Crippen LogP contribution in [0.25, 0.3) is 0 Å². The highest BCUT2D eigenvalue weighted by atomic mass is 16.2. The van der Waals surface area contributed by atoms with Gasteiger partial charge in [0.25, 0.3) is 11.8 Å². The molecule has 0 radical (unpaired) electrons. The molecule has 1 atom stereocenters. The summed E-state index contributed by atoms with van der Waals surface area (Å²) < 4.78 is 0. The van der Waals surface area contributed by atoms with E-state index in [1.54, 1.807) is 0 Å². The third kappa shape index (κ3) is 4.74. The molecular formula is C25H32N4O2. The number of nitrogens with one attached hydrogen (secondary N) is 2. The van der Waals surface area contributed by atoms with Crippen molar-refractivity contribution >= 4 is 17.5 Å². The second kappa shape index (κ2) is 9.52. The van der Waals surface area contributed by atoms with Gasteiger partial charge in [-0.1, -0.05) is 24.6 Å². The van der Waals surface area contributed by atoms with Gasteiger partial charge in [0.05, 0.1) is 0 Å². The number of amides is 2. The summed E-state index contributed by atoms with van der Waals surface area (Å²) in [5, 5.41) is 6.50. The third-order valence-corrected chi connectivity index (χ3v) is 6.17. The molecule has 164 valence electrons. The Kier molecular flexibility index (Phi) is 6.56. The van der Waals surface area contributed by atoms with E-state index in [0.29, 0.717) is 12.1 Å². The first kappa shape index (κ1) is 21.4. The molecule has 0 saturated carbocycles. The van der Waals surface area contributed by atoms with Crippen LogP contribution in [0.4, 0.5) is 5.69 Å². The average Bonchev–Trinajstić information content (AvgIpc) is 3.07. The normalized spacial score (nSPS) is 18.9. The minimum absolute atomic E-state index is 0.0474.